The Labute approximate surface area is 164 Å². The second-order valence-corrected chi connectivity index (χ2v) is 7.78. The minimum atomic E-state index is 0.580. The van der Waals surface area contributed by atoms with Crippen LogP contribution in [0.3, 0.4) is 0 Å². The van der Waals surface area contributed by atoms with Gasteiger partial charge >= 0.3 is 164 Å². The molecule has 0 bridgehead atoms. The molecule has 0 atom stereocenters. The molecule has 2 rings (SSSR count). The molecule has 1 fully saturated rings. The van der Waals surface area contributed by atoms with E-state index in [1.54, 1.807) is 0 Å². The molecule has 1 aliphatic carbocycles. The van der Waals surface area contributed by atoms with E-state index >= 15 is 0 Å². The fraction of sp³-hybridized carbons (Fsp3) is 0.500. The second-order valence-electron chi connectivity index (χ2n) is 6.52. The van der Waals surface area contributed by atoms with Gasteiger partial charge in [0, 0.05) is 0 Å². The quantitative estimate of drug-likeness (QED) is 0.397. The average Bonchev–Trinajstić information content (AvgIpc) is 2.65. The first kappa shape index (κ1) is 20.3. The van der Waals surface area contributed by atoms with Crippen molar-refractivity contribution in [3.05, 3.63) is 53.7 Å². The zero-order valence-corrected chi connectivity index (χ0v) is 18.6. The number of unbranched alkanes of at least 4 members (excludes halogenated alkanes) is 1. The van der Waals surface area contributed by atoms with E-state index in [0.717, 1.165) is 17.2 Å². The van der Waals surface area contributed by atoms with Crippen molar-refractivity contribution in [1.29, 1.82) is 0 Å². The van der Waals surface area contributed by atoms with E-state index in [9.17, 15) is 0 Å². The van der Waals surface area contributed by atoms with Crippen LogP contribution >= 0.6 is 0 Å². The molecule has 0 N–H and O–H groups in total. The molecule has 0 aliphatic heterocycles. The Balaban J connectivity index is 2.28. The number of nitrogens with zero attached hydrogens (tertiary/aromatic N) is 1. The molecule has 1 saturated carbocycles. The van der Waals surface area contributed by atoms with Gasteiger partial charge in [-0.1, -0.05) is 0 Å². The number of hydrogen-bond donors (Lipinski definition) is 0. The van der Waals surface area contributed by atoms with Gasteiger partial charge in [-0.05, 0) is 0 Å². The van der Waals surface area contributed by atoms with Crippen LogP contribution in [0, 0.1) is 0 Å². The monoisotopic (exact) mass is 509 g/mol. The summed E-state index contributed by atoms with van der Waals surface area (Å²) in [6.45, 7) is 5.06. The Kier molecular flexibility index (Phi) is 9.43. The summed E-state index contributed by atoms with van der Waals surface area (Å²) in [7, 11) is 0. The molecule has 0 amide bonds. The van der Waals surface area contributed by atoms with Gasteiger partial charge in [-0.25, -0.2) is 0 Å². The molecular formula is C22H31NOW. The fourth-order valence-electron chi connectivity index (χ4n) is 3.28. The van der Waals surface area contributed by atoms with Crippen LogP contribution in [0.4, 0.5) is 0 Å². The average molecular weight is 509 g/mol. The summed E-state index contributed by atoms with van der Waals surface area (Å²) in [5.41, 5.74) is 2.55. The van der Waals surface area contributed by atoms with Gasteiger partial charge in [0.05, 0.1) is 0 Å². The third-order valence-corrected chi connectivity index (χ3v) is 5.70. The van der Waals surface area contributed by atoms with Gasteiger partial charge in [-0.15, -0.1) is 0 Å². The third-order valence-electron chi connectivity index (χ3n) is 4.57. The van der Waals surface area contributed by atoms with Crippen LogP contribution in [0.5, 0.6) is 0 Å². The Hall–Kier alpha value is -0.982. The molecule has 2 nitrogen and oxygen atoms in total. The molecule has 1 aromatic carbocycles. The first-order valence-electron chi connectivity index (χ1n) is 9.65. The number of hydrogen-bond acceptors (Lipinski definition) is 2. The van der Waals surface area contributed by atoms with Crippen molar-refractivity contribution in [1.82, 2.24) is 4.90 Å². The first-order chi connectivity index (χ1) is 12.3. The van der Waals surface area contributed by atoms with Crippen LogP contribution in [0.2, 0.25) is 0 Å². The molecule has 1 aliphatic rings. The molecule has 3 heteroatoms. The maximum atomic E-state index is 5.98. The van der Waals surface area contributed by atoms with Crippen molar-refractivity contribution >= 4 is 10.3 Å². The van der Waals surface area contributed by atoms with Crippen LogP contribution < -0.4 is 0 Å². The van der Waals surface area contributed by atoms with Crippen LogP contribution in [-0.4, -0.2) is 21.8 Å². The van der Waals surface area contributed by atoms with E-state index in [2.05, 4.69) is 67.3 Å². The molecule has 136 valence electrons. The topological polar surface area (TPSA) is 12.5 Å². The number of ether oxygens (including phenoxy) is 1. The maximum absolute atomic E-state index is 5.98. The van der Waals surface area contributed by atoms with Crippen molar-refractivity contribution in [2.45, 2.75) is 64.8 Å². The van der Waals surface area contributed by atoms with E-state index in [0.29, 0.717) is 6.04 Å². The van der Waals surface area contributed by atoms with Gasteiger partial charge < -0.3 is 0 Å². The van der Waals surface area contributed by atoms with Crippen molar-refractivity contribution in [3.63, 3.8) is 0 Å². The molecule has 25 heavy (non-hydrogen) atoms. The van der Waals surface area contributed by atoms with Gasteiger partial charge in [0.25, 0.3) is 0 Å². The number of benzene rings is 1. The predicted octanol–water partition coefficient (Wildman–Crippen LogP) is 5.69. The summed E-state index contributed by atoms with van der Waals surface area (Å²) in [6, 6.07) is 11.1. The molecular weight excluding hydrogens is 478 g/mol. The SMILES string of the molecule is CCC/C=C(\C=C\c1ccccc1)N([C](=[W])OCC)C1CCCCC1. The Morgan fingerprint density at radius 2 is 1.88 bits per heavy atom. The normalized spacial score (nSPS) is 16.3. The number of rotatable bonds is 9. The van der Waals surface area contributed by atoms with Crippen LogP contribution in [0.1, 0.15) is 64.4 Å². The van der Waals surface area contributed by atoms with Crippen molar-refractivity contribution in [2.75, 3.05) is 6.61 Å². The summed E-state index contributed by atoms with van der Waals surface area (Å²) < 4.78 is 7.09. The first-order valence-corrected chi connectivity index (χ1v) is 11.1. The van der Waals surface area contributed by atoms with Gasteiger partial charge in [-0.3, -0.25) is 0 Å². The molecule has 1 aromatic rings. The molecule has 0 spiro atoms. The predicted molar refractivity (Wildman–Crippen MR) is 104 cm³/mol. The standard InChI is InChI=1S/C22H31NO.W/c1-3-5-14-22(18-17-20-12-8-6-9-13-20)23(19-24-4-2)21-15-10-7-11-16-21;/h6,8-9,12-14,17-18,21H,3-5,7,10-11,15-16H2,1-2H3;/b18-17+,22-14+;. The Morgan fingerprint density at radius 1 is 1.16 bits per heavy atom. The zero-order chi connectivity index (χ0) is 17.9. The summed E-state index contributed by atoms with van der Waals surface area (Å²) in [5.74, 6) is 0. The van der Waals surface area contributed by atoms with E-state index in [1.807, 2.05) is 0 Å². The van der Waals surface area contributed by atoms with Gasteiger partial charge in [-0.2, -0.15) is 0 Å². The van der Waals surface area contributed by atoms with Crippen LogP contribution in [0.15, 0.2) is 48.2 Å². The second kappa shape index (κ2) is 11.6. The number of allylic oxidation sites excluding steroid dienone is 2. The Bertz CT molecular complexity index is 573. The fourth-order valence-corrected chi connectivity index (χ4v) is 4.62. The van der Waals surface area contributed by atoms with Gasteiger partial charge in [0.1, 0.15) is 0 Å². The van der Waals surface area contributed by atoms with Gasteiger partial charge in [0.2, 0.25) is 0 Å². The molecule has 0 aromatic heterocycles. The summed E-state index contributed by atoms with van der Waals surface area (Å²) in [6.07, 6.45) is 15.7. The van der Waals surface area contributed by atoms with E-state index in [4.69, 9.17) is 4.74 Å². The van der Waals surface area contributed by atoms with Crippen molar-refractivity contribution < 1.29 is 24.1 Å². The molecule has 0 heterocycles. The van der Waals surface area contributed by atoms with Crippen LogP contribution in [-0.2, 0) is 24.1 Å². The zero-order valence-electron chi connectivity index (χ0n) is 15.6. The summed E-state index contributed by atoms with van der Waals surface area (Å²) in [5, 5.41) is 0. The van der Waals surface area contributed by atoms with E-state index in [-0.39, 0.29) is 0 Å². The molecule has 0 unspecified atom stereocenters. The minimum absolute atomic E-state index is 0.580. The summed E-state index contributed by atoms with van der Waals surface area (Å²) in [4.78, 5) is 2.49. The molecule has 0 radical (unpaired) electrons. The van der Waals surface area contributed by atoms with Crippen molar-refractivity contribution in [2.24, 2.45) is 0 Å². The third kappa shape index (κ3) is 6.68. The van der Waals surface area contributed by atoms with Crippen LogP contribution in [0.25, 0.3) is 6.08 Å². The van der Waals surface area contributed by atoms with Gasteiger partial charge in [0.15, 0.2) is 0 Å². The summed E-state index contributed by atoms with van der Waals surface area (Å²) >= 11 is 1.41. The van der Waals surface area contributed by atoms with Crippen molar-refractivity contribution in [3.8, 4) is 0 Å². The van der Waals surface area contributed by atoms with E-state index in [1.165, 1.54) is 69.1 Å². The van der Waals surface area contributed by atoms with E-state index < -0.39 is 0 Å². The Morgan fingerprint density at radius 3 is 2.52 bits per heavy atom. The molecule has 0 saturated heterocycles.